The Morgan fingerprint density at radius 1 is 1.12 bits per heavy atom. The fourth-order valence-corrected chi connectivity index (χ4v) is 6.53. The number of carbonyl (C=O) groups excluding carboxylic acids is 2. The maximum Gasteiger partial charge on any atom is 0.363 e. The number of amides is 1. The fourth-order valence-electron chi connectivity index (χ4n) is 5.56. The average Bonchev–Trinajstić information content (AvgIpc) is 2.99. The first-order valence-electron chi connectivity index (χ1n) is 13.2. The van der Waals surface area contributed by atoms with Gasteiger partial charge in [-0.3, -0.25) is 9.59 Å². The molecule has 1 amide bonds. The molecule has 1 aliphatic rings. The van der Waals surface area contributed by atoms with Gasteiger partial charge in [0.05, 0.1) is 11.5 Å². The van der Waals surface area contributed by atoms with Crippen molar-refractivity contribution in [1.29, 1.82) is 0 Å². The largest absolute Gasteiger partial charge is 0.480 e. The normalized spacial score (nSPS) is 20.9. The van der Waals surface area contributed by atoms with Gasteiger partial charge in [0.15, 0.2) is 18.3 Å². The lowest BCUT2D eigenvalue weighted by Gasteiger charge is -2.41. The number of rotatable bonds is 9. The van der Waals surface area contributed by atoms with Crippen molar-refractivity contribution in [2.45, 2.75) is 39.8 Å². The quantitative estimate of drug-likeness (QED) is 0.298. The number of ketones is 1. The molecule has 7 nitrogen and oxygen atoms in total. The lowest BCUT2D eigenvalue weighted by atomic mass is 9.91. The molecule has 212 valence electrons. The van der Waals surface area contributed by atoms with Gasteiger partial charge in [0.1, 0.15) is 18.4 Å². The number of hydrogen-bond donors (Lipinski definition) is 2. The molecule has 3 aromatic rings. The number of fused-ring (bicyclic) bond motifs is 2. The number of benzene rings is 3. The number of quaternary nitrogens is 1. The number of ether oxygens (including phenoxy) is 1. The van der Waals surface area contributed by atoms with Crippen LogP contribution in [0.15, 0.2) is 60.7 Å². The molecular formula is C31H36ClN2O5S+. The van der Waals surface area contributed by atoms with E-state index < -0.39 is 34.0 Å². The number of nitrogens with one attached hydrogen (secondary N) is 1. The zero-order valence-corrected chi connectivity index (χ0v) is 25.0. The number of Topliss-reactive ketones (excluding diaryl/α,β-unsaturated/α-hetero) is 1. The Bertz CT molecular complexity index is 1430. The van der Waals surface area contributed by atoms with E-state index in [0.717, 1.165) is 16.3 Å². The minimum absolute atomic E-state index is 0.222. The van der Waals surface area contributed by atoms with Crippen molar-refractivity contribution in [2.75, 3.05) is 25.2 Å². The molecule has 0 aromatic heterocycles. The zero-order chi connectivity index (χ0) is 29.2. The molecule has 0 bridgehead atoms. The highest BCUT2D eigenvalue weighted by Crippen LogP contribution is 2.43. The van der Waals surface area contributed by atoms with Crippen LogP contribution < -0.4 is 10.0 Å². The third-order valence-corrected chi connectivity index (χ3v) is 8.12. The van der Waals surface area contributed by atoms with E-state index in [4.69, 9.17) is 16.3 Å². The molecule has 9 heteroatoms. The summed E-state index contributed by atoms with van der Waals surface area (Å²) in [6.45, 7) is 7.32. The summed E-state index contributed by atoms with van der Waals surface area (Å²) in [5.41, 5.74) is 4.87. The summed E-state index contributed by atoms with van der Waals surface area (Å²) in [6.07, 6.45) is 1.19. The van der Waals surface area contributed by atoms with Gasteiger partial charge in [-0.2, -0.15) is 11.8 Å². The van der Waals surface area contributed by atoms with Crippen molar-refractivity contribution >= 4 is 57.5 Å². The predicted molar refractivity (Wildman–Crippen MR) is 161 cm³/mol. The van der Waals surface area contributed by atoms with Crippen molar-refractivity contribution in [2.24, 2.45) is 11.3 Å². The summed E-state index contributed by atoms with van der Waals surface area (Å²) in [5, 5.41) is 12.8. The Hall–Kier alpha value is -2.75. The summed E-state index contributed by atoms with van der Waals surface area (Å²) in [6, 6.07) is 17.9. The van der Waals surface area contributed by atoms with Gasteiger partial charge in [-0.25, -0.2) is 4.79 Å². The first-order valence-corrected chi connectivity index (χ1v) is 15.0. The van der Waals surface area contributed by atoms with E-state index in [9.17, 15) is 19.5 Å². The van der Waals surface area contributed by atoms with Crippen LogP contribution in [0.4, 0.5) is 5.69 Å². The Morgan fingerprint density at radius 3 is 2.48 bits per heavy atom. The molecule has 0 saturated carbocycles. The zero-order valence-electron chi connectivity index (χ0n) is 23.4. The molecule has 1 unspecified atom stereocenters. The molecule has 2 N–H and O–H groups in total. The van der Waals surface area contributed by atoms with Crippen LogP contribution in [-0.4, -0.2) is 54.0 Å². The number of halogens is 1. The number of thioether (sulfide) groups is 1. The van der Waals surface area contributed by atoms with Crippen molar-refractivity contribution in [3.63, 3.8) is 0 Å². The molecule has 0 spiro atoms. The van der Waals surface area contributed by atoms with E-state index in [0.29, 0.717) is 22.0 Å². The highest BCUT2D eigenvalue weighted by atomic mass is 35.5. The van der Waals surface area contributed by atoms with Gasteiger partial charge < -0.3 is 9.84 Å². The molecule has 0 aliphatic carbocycles. The Kier molecular flexibility index (Phi) is 9.07. The van der Waals surface area contributed by atoms with Gasteiger partial charge >= 0.3 is 11.9 Å². The maximum atomic E-state index is 14.3. The van der Waals surface area contributed by atoms with E-state index >= 15 is 0 Å². The average molecular weight is 584 g/mol. The number of nitrogens with zero attached hydrogens (tertiary/aromatic N) is 1. The topological polar surface area (TPSA) is 92.7 Å². The van der Waals surface area contributed by atoms with Crippen LogP contribution in [0.25, 0.3) is 10.8 Å². The lowest BCUT2D eigenvalue weighted by molar-refractivity contribution is -0.150. The van der Waals surface area contributed by atoms with Crippen LogP contribution in [0.5, 0.6) is 0 Å². The van der Waals surface area contributed by atoms with E-state index in [2.05, 4.69) is 5.43 Å². The third kappa shape index (κ3) is 6.11. The number of hydrogen-bond acceptors (Lipinski definition) is 6. The number of carboxylic acid groups (broad SMARTS) is 1. The van der Waals surface area contributed by atoms with Crippen LogP contribution in [0.1, 0.15) is 44.9 Å². The summed E-state index contributed by atoms with van der Waals surface area (Å²) < 4.78 is 5.88. The second kappa shape index (κ2) is 12.0. The molecule has 0 saturated heterocycles. The van der Waals surface area contributed by atoms with Crippen molar-refractivity contribution in [3.05, 3.63) is 76.8 Å². The third-order valence-electron chi connectivity index (χ3n) is 7.20. The summed E-state index contributed by atoms with van der Waals surface area (Å²) >= 11 is 7.93. The van der Waals surface area contributed by atoms with Gasteiger partial charge in [-0.05, 0) is 41.6 Å². The predicted octanol–water partition coefficient (Wildman–Crippen LogP) is 6.02. The molecule has 3 aromatic carbocycles. The highest BCUT2D eigenvalue weighted by Gasteiger charge is 2.52. The standard InChI is InChI=1S/C31H35ClN2O5S/c1-19(35)25(17-40-5)28(30(37)38)33-34(18-31(2,3)4)26-14-13-21(32)15-24(26)29(39-16-27(34)36)23-12-8-10-20-9-6-7-11-22(20)23/h6-15,25,28-29,33H,16-18H2,1-5H3/p+1/t25?,28-,29+,34-/m0/s1. The first-order chi connectivity index (χ1) is 18.9. The number of aliphatic carboxylic acids is 1. The second-order valence-electron chi connectivity index (χ2n) is 11.5. The van der Waals surface area contributed by atoms with Crippen molar-refractivity contribution in [1.82, 2.24) is 10.0 Å². The van der Waals surface area contributed by atoms with E-state index in [-0.39, 0.29) is 24.8 Å². The number of carboxylic acids is 1. The Morgan fingerprint density at radius 2 is 1.82 bits per heavy atom. The van der Waals surface area contributed by atoms with E-state index in [1.165, 1.54) is 18.7 Å². The van der Waals surface area contributed by atoms with Gasteiger partial charge in [0.2, 0.25) is 0 Å². The summed E-state index contributed by atoms with van der Waals surface area (Å²) in [7, 11) is 0. The van der Waals surface area contributed by atoms with Crippen LogP contribution in [0, 0.1) is 11.3 Å². The first kappa shape index (κ1) is 30.2. The monoisotopic (exact) mass is 583 g/mol. The van der Waals surface area contributed by atoms with E-state index in [1.54, 1.807) is 18.2 Å². The van der Waals surface area contributed by atoms with Gasteiger partial charge in [0.25, 0.3) is 0 Å². The molecule has 0 radical (unpaired) electrons. The van der Waals surface area contributed by atoms with Gasteiger partial charge in [-0.15, -0.1) is 10.0 Å². The maximum absolute atomic E-state index is 14.3. The lowest BCUT2D eigenvalue weighted by Crippen LogP contribution is -2.72. The second-order valence-corrected chi connectivity index (χ2v) is 12.8. The molecule has 4 atom stereocenters. The van der Waals surface area contributed by atoms with Crippen LogP contribution >= 0.6 is 23.4 Å². The van der Waals surface area contributed by atoms with Crippen molar-refractivity contribution < 1.29 is 24.2 Å². The molecule has 1 aliphatic heterocycles. The molecular weight excluding hydrogens is 548 g/mol. The van der Waals surface area contributed by atoms with Crippen LogP contribution in [-0.2, 0) is 19.1 Å². The highest BCUT2D eigenvalue weighted by molar-refractivity contribution is 7.98. The minimum Gasteiger partial charge on any atom is -0.480 e. The van der Waals surface area contributed by atoms with Crippen molar-refractivity contribution in [3.8, 4) is 0 Å². The number of carbonyl (C=O) groups is 3. The fraction of sp³-hybridized carbons (Fsp3) is 0.387. The van der Waals surface area contributed by atoms with E-state index in [1.807, 2.05) is 69.5 Å². The van der Waals surface area contributed by atoms with Crippen LogP contribution in [0.3, 0.4) is 0 Å². The molecule has 4 rings (SSSR count). The Balaban J connectivity index is 1.99. The minimum atomic E-state index is -1.31. The smallest absolute Gasteiger partial charge is 0.363 e. The molecule has 0 fully saturated rings. The summed E-state index contributed by atoms with van der Waals surface area (Å²) in [4.78, 5) is 39.6. The summed E-state index contributed by atoms with van der Waals surface area (Å²) in [5.74, 6) is -2.35. The molecule has 1 heterocycles. The van der Waals surface area contributed by atoms with Crippen LogP contribution in [0.2, 0.25) is 5.02 Å². The Labute approximate surface area is 244 Å². The SMILES string of the molecule is CSCC(C(C)=O)[C@H](N[N@+]1(CC(C)(C)C)C(=O)CO[C@H](c2cccc3ccccc23)c2cc(Cl)ccc21)C(=O)O. The molecule has 40 heavy (non-hydrogen) atoms. The van der Waals surface area contributed by atoms with Gasteiger partial charge in [0, 0.05) is 22.3 Å². The van der Waals surface area contributed by atoms with Gasteiger partial charge in [-0.1, -0.05) is 74.8 Å².